The minimum atomic E-state index is -0.664. The molecule has 0 aromatic carbocycles. The molecule has 1 saturated carbocycles. The molecule has 0 aromatic rings. The molecule has 1 aliphatic carbocycles. The lowest BCUT2D eigenvalue weighted by atomic mass is 9.59. The summed E-state index contributed by atoms with van der Waals surface area (Å²) in [5.41, 5.74) is 1.17. The van der Waals surface area contributed by atoms with Crippen molar-refractivity contribution in [3.63, 3.8) is 0 Å². The first-order chi connectivity index (χ1) is 9.40. The summed E-state index contributed by atoms with van der Waals surface area (Å²) in [5, 5.41) is 10.7. The number of aliphatic hydroxyl groups is 1. The molecule has 4 heteroatoms. The summed E-state index contributed by atoms with van der Waals surface area (Å²) < 4.78 is 10.0. The van der Waals surface area contributed by atoms with Crippen molar-refractivity contribution in [1.29, 1.82) is 0 Å². The highest BCUT2D eigenvalue weighted by Gasteiger charge is 2.47. The standard InChI is InChI=1S/C16H22O4/c1-10-9-20-8-7-16(3)6-5-12(14(17)13(10)16)11(2)15(18)19-4/h7-9,12-14,17H,2,5-6H2,1,3-4H3/t12-,13-,14-,16-/m0/s1. The van der Waals surface area contributed by atoms with E-state index in [-0.39, 0.29) is 17.3 Å². The third kappa shape index (κ3) is 2.40. The van der Waals surface area contributed by atoms with Gasteiger partial charge in [0.2, 0.25) is 0 Å². The van der Waals surface area contributed by atoms with Crippen molar-refractivity contribution in [3.8, 4) is 0 Å². The van der Waals surface area contributed by atoms with Crippen LogP contribution in [-0.4, -0.2) is 24.3 Å². The molecule has 0 radical (unpaired) electrons. The highest BCUT2D eigenvalue weighted by Crippen LogP contribution is 2.50. The molecule has 4 nitrogen and oxygen atoms in total. The summed E-state index contributed by atoms with van der Waals surface area (Å²) in [4.78, 5) is 11.7. The van der Waals surface area contributed by atoms with Crippen LogP contribution in [0.15, 0.2) is 36.3 Å². The Balaban J connectivity index is 2.31. The molecular weight excluding hydrogens is 256 g/mol. The van der Waals surface area contributed by atoms with Crippen molar-refractivity contribution in [2.24, 2.45) is 17.3 Å². The van der Waals surface area contributed by atoms with Crippen LogP contribution in [0.2, 0.25) is 0 Å². The van der Waals surface area contributed by atoms with Crippen LogP contribution in [0.5, 0.6) is 0 Å². The predicted molar refractivity (Wildman–Crippen MR) is 75.5 cm³/mol. The van der Waals surface area contributed by atoms with Crippen molar-refractivity contribution in [1.82, 2.24) is 0 Å². The Kier molecular flexibility index (Phi) is 4.04. The van der Waals surface area contributed by atoms with Gasteiger partial charge in [-0.15, -0.1) is 0 Å². The molecule has 0 saturated heterocycles. The van der Waals surface area contributed by atoms with Crippen LogP contribution < -0.4 is 0 Å². The fraction of sp³-hybridized carbons (Fsp3) is 0.562. The van der Waals surface area contributed by atoms with E-state index in [9.17, 15) is 9.90 Å². The van der Waals surface area contributed by atoms with Crippen LogP contribution in [0.1, 0.15) is 26.7 Å². The molecule has 0 unspecified atom stereocenters. The lowest BCUT2D eigenvalue weighted by Crippen LogP contribution is -2.46. The molecule has 20 heavy (non-hydrogen) atoms. The zero-order valence-electron chi connectivity index (χ0n) is 12.3. The Morgan fingerprint density at radius 2 is 2.30 bits per heavy atom. The number of aliphatic hydroxyl groups excluding tert-OH is 1. The van der Waals surface area contributed by atoms with Gasteiger partial charge in [0.25, 0.3) is 0 Å². The van der Waals surface area contributed by atoms with Gasteiger partial charge in [-0.1, -0.05) is 13.5 Å². The fourth-order valence-corrected chi connectivity index (χ4v) is 3.47. The molecule has 1 heterocycles. The SMILES string of the molecule is C=C(C(=O)OC)[C@@H]1CC[C@@]2(C)C=COC=C(C)[C@H]2[C@H]1O. The van der Waals surface area contributed by atoms with Crippen LogP contribution in [0.3, 0.4) is 0 Å². The van der Waals surface area contributed by atoms with Crippen LogP contribution in [0.4, 0.5) is 0 Å². The quantitative estimate of drug-likeness (QED) is 0.623. The molecule has 0 aromatic heterocycles. The number of ether oxygens (including phenoxy) is 2. The van der Waals surface area contributed by atoms with E-state index < -0.39 is 12.1 Å². The van der Waals surface area contributed by atoms with Gasteiger partial charge < -0.3 is 14.6 Å². The molecule has 1 fully saturated rings. The molecule has 1 aliphatic heterocycles. The highest BCUT2D eigenvalue weighted by atomic mass is 16.5. The van der Waals surface area contributed by atoms with E-state index >= 15 is 0 Å². The summed E-state index contributed by atoms with van der Waals surface area (Å²) in [6.07, 6.45) is 6.25. The van der Waals surface area contributed by atoms with E-state index in [2.05, 4.69) is 13.5 Å². The largest absolute Gasteiger partial charge is 0.473 e. The Bertz CT molecular complexity index is 477. The smallest absolute Gasteiger partial charge is 0.333 e. The molecular formula is C16H22O4. The minimum Gasteiger partial charge on any atom is -0.473 e. The first kappa shape index (κ1) is 14.9. The van der Waals surface area contributed by atoms with Gasteiger partial charge in [-0.3, -0.25) is 0 Å². The first-order valence-corrected chi connectivity index (χ1v) is 6.85. The molecule has 0 amide bonds. The molecule has 0 bridgehead atoms. The van der Waals surface area contributed by atoms with E-state index in [1.807, 2.05) is 13.0 Å². The first-order valence-electron chi connectivity index (χ1n) is 6.85. The van der Waals surface area contributed by atoms with Gasteiger partial charge in [-0.2, -0.15) is 0 Å². The summed E-state index contributed by atoms with van der Waals surface area (Å²) in [7, 11) is 1.33. The lowest BCUT2D eigenvalue weighted by molar-refractivity contribution is -0.138. The van der Waals surface area contributed by atoms with Crippen molar-refractivity contribution in [2.45, 2.75) is 32.8 Å². The van der Waals surface area contributed by atoms with Crippen LogP contribution in [0, 0.1) is 17.3 Å². The van der Waals surface area contributed by atoms with Gasteiger partial charge in [-0.25, -0.2) is 4.79 Å². The minimum absolute atomic E-state index is 0.0820. The number of fused-ring (bicyclic) bond motifs is 1. The fourth-order valence-electron chi connectivity index (χ4n) is 3.47. The third-order valence-corrected chi connectivity index (χ3v) is 4.63. The predicted octanol–water partition coefficient (Wildman–Crippen LogP) is 2.56. The van der Waals surface area contributed by atoms with Crippen molar-refractivity contribution >= 4 is 5.97 Å². The molecule has 4 atom stereocenters. The zero-order chi connectivity index (χ0) is 14.9. The molecule has 2 aliphatic rings. The number of rotatable bonds is 2. The van der Waals surface area contributed by atoms with Gasteiger partial charge in [0, 0.05) is 17.4 Å². The van der Waals surface area contributed by atoms with Crippen LogP contribution in [0.25, 0.3) is 0 Å². The topological polar surface area (TPSA) is 55.8 Å². The third-order valence-electron chi connectivity index (χ3n) is 4.63. The van der Waals surface area contributed by atoms with E-state index in [0.29, 0.717) is 12.0 Å². The number of esters is 1. The van der Waals surface area contributed by atoms with Gasteiger partial charge in [0.05, 0.1) is 25.7 Å². The Hall–Kier alpha value is -1.55. The van der Waals surface area contributed by atoms with Gasteiger partial charge in [-0.05, 0) is 36.8 Å². The number of hydrogen-bond acceptors (Lipinski definition) is 4. The highest BCUT2D eigenvalue weighted by molar-refractivity contribution is 5.88. The van der Waals surface area contributed by atoms with E-state index in [4.69, 9.17) is 9.47 Å². The van der Waals surface area contributed by atoms with Crippen molar-refractivity contribution in [2.75, 3.05) is 7.11 Å². The normalized spacial score (nSPS) is 36.2. The van der Waals surface area contributed by atoms with Gasteiger partial charge in [0.1, 0.15) is 0 Å². The summed E-state index contributed by atoms with van der Waals surface area (Å²) in [6.45, 7) is 7.86. The molecule has 2 rings (SSSR count). The maximum absolute atomic E-state index is 11.7. The maximum atomic E-state index is 11.7. The maximum Gasteiger partial charge on any atom is 0.333 e. The second-order valence-electron chi connectivity index (χ2n) is 5.94. The average molecular weight is 278 g/mol. The van der Waals surface area contributed by atoms with Gasteiger partial charge >= 0.3 is 5.97 Å². The van der Waals surface area contributed by atoms with E-state index in [1.165, 1.54) is 7.11 Å². The molecule has 110 valence electrons. The second kappa shape index (κ2) is 5.44. The summed E-state index contributed by atoms with van der Waals surface area (Å²) in [5.74, 6) is -0.795. The van der Waals surface area contributed by atoms with Gasteiger partial charge in [0.15, 0.2) is 0 Å². The van der Waals surface area contributed by atoms with Crippen LogP contribution in [-0.2, 0) is 14.3 Å². The van der Waals surface area contributed by atoms with E-state index in [0.717, 1.165) is 12.0 Å². The Morgan fingerprint density at radius 1 is 1.60 bits per heavy atom. The van der Waals surface area contributed by atoms with E-state index in [1.54, 1.807) is 12.5 Å². The number of methoxy groups -OCH3 is 1. The van der Waals surface area contributed by atoms with Crippen molar-refractivity contribution < 1.29 is 19.4 Å². The second-order valence-corrected chi connectivity index (χ2v) is 5.94. The average Bonchev–Trinajstić information content (AvgIpc) is 2.57. The van der Waals surface area contributed by atoms with Crippen molar-refractivity contribution in [3.05, 3.63) is 36.3 Å². The monoisotopic (exact) mass is 278 g/mol. The number of carbonyl (C=O) groups is 1. The molecule has 0 spiro atoms. The number of carbonyl (C=O) groups excluding carboxylic acids is 1. The lowest BCUT2D eigenvalue weighted by Gasteiger charge is -2.46. The van der Waals surface area contributed by atoms with Crippen LogP contribution >= 0.6 is 0 Å². The Morgan fingerprint density at radius 3 is 2.95 bits per heavy atom. The molecule has 1 N–H and O–H groups in total. The number of allylic oxidation sites excluding steroid dienone is 1. The number of hydrogen-bond donors (Lipinski definition) is 1. The zero-order valence-corrected chi connectivity index (χ0v) is 12.3. The summed E-state index contributed by atoms with van der Waals surface area (Å²) >= 11 is 0. The summed E-state index contributed by atoms with van der Waals surface area (Å²) in [6, 6.07) is 0. The Labute approximate surface area is 119 Å².